The summed E-state index contributed by atoms with van der Waals surface area (Å²) in [6.07, 6.45) is 0. The molecule has 0 bridgehead atoms. The molecular formula is C58H61N11. The predicted octanol–water partition coefficient (Wildman–Crippen LogP) is 12.1. The number of amidine groups is 3. The predicted molar refractivity (Wildman–Crippen MR) is 283 cm³/mol. The van der Waals surface area contributed by atoms with Crippen LogP contribution in [0.5, 0.6) is 0 Å². The summed E-state index contributed by atoms with van der Waals surface area (Å²) in [5.74, 6) is 5.35. The number of pyridine rings is 3. The van der Waals surface area contributed by atoms with Crippen LogP contribution in [0.15, 0.2) is 167 Å². The van der Waals surface area contributed by atoms with Gasteiger partial charge >= 0.3 is 0 Å². The largest absolute Gasteiger partial charge is 0.303 e. The molecule has 3 aliphatic heterocycles. The highest BCUT2D eigenvalue weighted by Crippen LogP contribution is 2.45. The van der Waals surface area contributed by atoms with E-state index in [1.54, 1.807) is 0 Å². The minimum atomic E-state index is -0.425. The molecule has 0 saturated heterocycles. The van der Waals surface area contributed by atoms with Gasteiger partial charge in [0, 0.05) is 16.7 Å². The van der Waals surface area contributed by atoms with E-state index in [9.17, 15) is 0 Å². The van der Waals surface area contributed by atoms with Crippen molar-refractivity contribution in [3.8, 4) is 34.3 Å². The van der Waals surface area contributed by atoms with E-state index >= 15 is 0 Å². The second-order valence-electron chi connectivity index (χ2n) is 21.4. The lowest BCUT2D eigenvalue weighted by atomic mass is 9.83. The van der Waals surface area contributed by atoms with Gasteiger partial charge < -0.3 is 14.7 Å². The second-order valence-corrected chi connectivity index (χ2v) is 21.4. The van der Waals surface area contributed by atoms with Crippen molar-refractivity contribution < 1.29 is 0 Å². The Hall–Kier alpha value is -7.40. The van der Waals surface area contributed by atoms with E-state index in [1.165, 1.54) is 0 Å². The summed E-state index contributed by atoms with van der Waals surface area (Å²) >= 11 is 0. The van der Waals surface area contributed by atoms with E-state index in [0.29, 0.717) is 34.3 Å². The molecule has 0 atom stereocenters. The van der Waals surface area contributed by atoms with Gasteiger partial charge in [0.1, 0.15) is 40.7 Å². The maximum Gasteiger partial charge on any atom is 0.179 e. The highest BCUT2D eigenvalue weighted by atomic mass is 15.4. The van der Waals surface area contributed by atoms with Crippen molar-refractivity contribution in [3.63, 3.8) is 0 Å². The summed E-state index contributed by atoms with van der Waals surface area (Å²) in [5.41, 5.74) is 3.83. The molecule has 0 radical (unpaired) electrons. The Morgan fingerprint density at radius 3 is 0.899 bits per heavy atom. The van der Waals surface area contributed by atoms with Gasteiger partial charge in [-0.3, -0.25) is 15.0 Å². The molecule has 0 amide bonds. The Labute approximate surface area is 406 Å². The summed E-state index contributed by atoms with van der Waals surface area (Å²) < 4.78 is 0. The van der Waals surface area contributed by atoms with E-state index < -0.39 is 33.2 Å². The number of hydrogen-bond donors (Lipinski definition) is 0. The maximum absolute atomic E-state index is 5.42. The Morgan fingerprint density at radius 1 is 0.290 bits per heavy atom. The zero-order valence-electron chi connectivity index (χ0n) is 41.9. The van der Waals surface area contributed by atoms with Gasteiger partial charge in [-0.2, -0.15) is 0 Å². The minimum absolute atomic E-state index is 0.410. The molecule has 7 heterocycles. The van der Waals surface area contributed by atoms with Crippen LogP contribution >= 0.6 is 0 Å². The maximum atomic E-state index is 5.42. The van der Waals surface area contributed by atoms with Gasteiger partial charge in [-0.1, -0.05) is 109 Å². The first kappa shape index (κ1) is 45.4. The van der Waals surface area contributed by atoms with Crippen molar-refractivity contribution in [3.05, 3.63) is 168 Å². The smallest absolute Gasteiger partial charge is 0.179 e. The molecule has 11 nitrogen and oxygen atoms in total. The fourth-order valence-corrected chi connectivity index (χ4v) is 9.37. The van der Waals surface area contributed by atoms with Crippen molar-refractivity contribution in [1.29, 1.82) is 0 Å². The van der Waals surface area contributed by atoms with Gasteiger partial charge in [0.2, 0.25) is 0 Å². The van der Waals surface area contributed by atoms with E-state index in [4.69, 9.17) is 39.9 Å². The Bertz CT molecular complexity index is 2830. The highest BCUT2D eigenvalue weighted by Gasteiger charge is 2.52. The first-order valence-corrected chi connectivity index (χ1v) is 23.9. The highest BCUT2D eigenvalue weighted by molar-refractivity contribution is 6.14. The molecule has 0 unspecified atom stereocenters. The van der Waals surface area contributed by atoms with Crippen LogP contribution in [0.2, 0.25) is 0 Å². The molecule has 0 fully saturated rings. The van der Waals surface area contributed by atoms with Crippen molar-refractivity contribution in [2.45, 2.75) is 116 Å². The van der Waals surface area contributed by atoms with E-state index in [-0.39, 0.29) is 0 Å². The molecule has 0 aliphatic carbocycles. The topological polar surface area (TPSA) is 111 Å². The van der Waals surface area contributed by atoms with Crippen LogP contribution in [-0.4, -0.2) is 75.7 Å². The van der Waals surface area contributed by atoms with Crippen LogP contribution in [-0.2, 0) is 0 Å². The molecule has 348 valence electrons. The molecule has 0 spiro atoms. The van der Waals surface area contributed by atoms with Gasteiger partial charge in [0.05, 0.1) is 56.0 Å². The lowest BCUT2D eigenvalue weighted by Gasteiger charge is -2.40. The average molecular weight is 912 g/mol. The summed E-state index contributed by atoms with van der Waals surface area (Å²) in [4.78, 5) is 49.6. The Morgan fingerprint density at radius 2 is 0.580 bits per heavy atom. The molecular weight excluding hydrogens is 851 g/mol. The molecule has 7 aromatic rings. The van der Waals surface area contributed by atoms with Crippen LogP contribution in [0, 0.1) is 0 Å². The van der Waals surface area contributed by atoms with Gasteiger partial charge in [-0.25, -0.2) is 24.9 Å². The van der Waals surface area contributed by atoms with Crippen molar-refractivity contribution >= 4 is 35.0 Å². The number of benzene rings is 3. The fourth-order valence-electron chi connectivity index (χ4n) is 9.37. The van der Waals surface area contributed by atoms with Gasteiger partial charge in [-0.05, 0) is 126 Å². The zero-order valence-corrected chi connectivity index (χ0v) is 41.9. The standard InChI is InChI=1S/C58H61N11/c1-53(2)56(7,8)67(50(64-53)38-25-16-13-17-26-38)46-34-22-31-41(59-46)44-37-45(42-32-23-35-47(60-42)68-51(39-27-18-14-19-28-39)65-54(3,4)57(68,9)10)63-49(62-44)43-33-24-36-48(61-43)69-52(40-29-20-15-21-30-40)66-55(5,6)58(69,11)12/h13-37H,1-12H3. The molecule has 11 heteroatoms. The first-order chi connectivity index (χ1) is 32.7. The first-order valence-electron chi connectivity index (χ1n) is 23.9. The number of aromatic nitrogens is 5. The summed E-state index contributed by atoms with van der Waals surface area (Å²) in [6.45, 7) is 26.5. The average Bonchev–Trinajstić information content (AvgIpc) is 3.76. The number of hydrogen-bond acceptors (Lipinski definition) is 11. The minimum Gasteiger partial charge on any atom is -0.303 e. The zero-order chi connectivity index (χ0) is 48.7. The second kappa shape index (κ2) is 16.1. The SMILES string of the molecule is CC1(C)N=C(c2ccccc2)N(c2cccc(-c3cc(-c4cccc(N5C(c6ccccc6)=NC(C)(C)C5(C)C)n4)nc(-c4cccc(N5C(c6ccccc6)=NC(C)(C)C5(C)C)n4)n3)n2)C1(C)C. The molecule has 3 aromatic carbocycles. The third-order valence-corrected chi connectivity index (χ3v) is 15.4. The quantitative estimate of drug-likeness (QED) is 0.141. The van der Waals surface area contributed by atoms with Gasteiger partial charge in [-0.15, -0.1) is 0 Å². The van der Waals surface area contributed by atoms with E-state index in [2.05, 4.69) is 171 Å². The van der Waals surface area contributed by atoms with Crippen LogP contribution in [0.25, 0.3) is 34.3 Å². The number of nitrogens with zero attached hydrogens (tertiary/aromatic N) is 11. The number of rotatable bonds is 9. The third-order valence-electron chi connectivity index (χ3n) is 15.4. The van der Waals surface area contributed by atoms with Crippen LogP contribution in [0.1, 0.15) is 99.8 Å². The number of aliphatic imine (C=N–C) groups is 3. The molecule has 0 N–H and O–H groups in total. The number of anilines is 3. The summed E-state index contributed by atoms with van der Waals surface area (Å²) in [5, 5.41) is 0. The van der Waals surface area contributed by atoms with Crippen LogP contribution in [0.3, 0.4) is 0 Å². The molecule has 69 heavy (non-hydrogen) atoms. The van der Waals surface area contributed by atoms with Crippen molar-refractivity contribution in [2.75, 3.05) is 14.7 Å². The molecule has 10 rings (SSSR count). The summed E-state index contributed by atoms with van der Waals surface area (Å²) in [7, 11) is 0. The Balaban J connectivity index is 1.13. The van der Waals surface area contributed by atoms with Crippen LogP contribution in [0.4, 0.5) is 17.5 Å². The van der Waals surface area contributed by atoms with Gasteiger partial charge in [0.25, 0.3) is 0 Å². The lowest BCUT2D eigenvalue weighted by molar-refractivity contribution is 0.337. The fraction of sp³-hybridized carbons (Fsp3) is 0.310. The molecule has 3 aliphatic rings. The van der Waals surface area contributed by atoms with Crippen LogP contribution < -0.4 is 14.7 Å². The molecule has 4 aromatic heterocycles. The Kier molecular flexibility index (Phi) is 10.6. The van der Waals surface area contributed by atoms with E-state index in [1.807, 2.05) is 78.9 Å². The van der Waals surface area contributed by atoms with Crippen molar-refractivity contribution in [1.82, 2.24) is 24.9 Å². The monoisotopic (exact) mass is 912 g/mol. The normalized spacial score (nSPS) is 19.3. The molecule has 0 saturated carbocycles. The summed E-state index contributed by atoms with van der Waals surface area (Å²) in [6, 6.07) is 51.3. The van der Waals surface area contributed by atoms with Crippen molar-refractivity contribution in [2.24, 2.45) is 15.0 Å². The van der Waals surface area contributed by atoms with E-state index in [0.717, 1.165) is 51.7 Å². The van der Waals surface area contributed by atoms with Gasteiger partial charge in [0.15, 0.2) is 5.82 Å². The lowest BCUT2D eigenvalue weighted by Crippen LogP contribution is -2.53. The third kappa shape index (κ3) is 7.50.